The first-order valence-corrected chi connectivity index (χ1v) is 18.8. The quantitative estimate of drug-likeness (QED) is 0.117. The number of rotatable bonds is 2. The van der Waals surface area contributed by atoms with Gasteiger partial charge in [-0.2, -0.15) is 4.98 Å². The van der Waals surface area contributed by atoms with Gasteiger partial charge in [0, 0.05) is 0 Å². The lowest BCUT2D eigenvalue weighted by Crippen LogP contribution is -2.46. The van der Waals surface area contributed by atoms with Gasteiger partial charge in [-0.05, 0) is 0 Å². The number of ether oxygens (including phenoxy) is 3. The molecule has 4 fully saturated rings. The van der Waals surface area contributed by atoms with Gasteiger partial charge < -0.3 is 30.8 Å². The van der Waals surface area contributed by atoms with Gasteiger partial charge >= 0.3 is 13.6 Å². The zero-order valence-corrected chi connectivity index (χ0v) is 26.6. The topological polar surface area (TPSA) is 278 Å². The van der Waals surface area contributed by atoms with Crippen molar-refractivity contribution in [2.24, 2.45) is 0 Å². The van der Waals surface area contributed by atoms with Crippen LogP contribution in [-0.4, -0.2) is 100 Å². The molecule has 0 spiro atoms. The van der Waals surface area contributed by atoms with Crippen LogP contribution in [0.4, 0.5) is 11.8 Å². The summed E-state index contributed by atoms with van der Waals surface area (Å²) in [6, 6.07) is 0. The van der Waals surface area contributed by atoms with Crippen LogP contribution in [0.15, 0.2) is 23.8 Å². The number of aromatic amines is 1. The first-order valence-electron chi connectivity index (χ1n) is 13.4. The molecule has 2 bridgehead atoms. The first-order chi connectivity index (χ1) is 21.8. The molecule has 4 aromatic rings. The molecule has 25 heteroatoms. The minimum atomic E-state index is -4.30. The largest absolute Gasteiger partial charge is 0.386 e. The molecule has 8 heterocycles. The summed E-state index contributed by atoms with van der Waals surface area (Å²) < 4.78 is 71.3. The normalized spacial score (nSPS) is 39.7. The Balaban J connectivity index is 1.11. The Morgan fingerprint density at radius 2 is 1.70 bits per heavy atom. The zero-order valence-electron chi connectivity index (χ0n) is 23.0. The number of hydrogen-bond donors (Lipinski definition) is 6. The van der Waals surface area contributed by atoms with Crippen LogP contribution in [0, 0.1) is 0 Å². The van der Waals surface area contributed by atoms with E-state index in [2.05, 4.69) is 54.4 Å². The predicted octanol–water partition coefficient (Wildman–Crippen LogP) is -0.0584. The molecule has 246 valence electrons. The SMILES string of the molecule is Nc1nc2c(ncn2[C@@H]2O[C@@]34CO[C@@H]2[C@@H]3O[P@](=O)(S)OCC2O[C@@H](n3cnc5c(N)ncnc53)[C@H](O)[C@@H]2O[P@@](=O)(S)OC4)c(=O)[nH]1. The maximum Gasteiger partial charge on any atom is 0.386 e. The molecule has 0 aromatic carbocycles. The average Bonchev–Trinajstić information content (AvgIpc) is 3.80. The Labute approximate surface area is 266 Å². The minimum absolute atomic E-state index is 0.0197. The summed E-state index contributed by atoms with van der Waals surface area (Å²) in [6.45, 7) is -9.73. The highest BCUT2D eigenvalue weighted by Crippen LogP contribution is 2.63. The highest BCUT2D eigenvalue weighted by atomic mass is 32.7. The van der Waals surface area contributed by atoms with E-state index < -0.39 is 80.9 Å². The number of hydrogen-bond acceptors (Lipinski definition) is 18. The van der Waals surface area contributed by atoms with Crippen molar-refractivity contribution in [3.8, 4) is 0 Å². The molecule has 0 amide bonds. The van der Waals surface area contributed by atoms with Gasteiger partial charge in [-0.25, -0.2) is 29.1 Å². The first kappa shape index (κ1) is 30.7. The lowest BCUT2D eigenvalue weighted by molar-refractivity contribution is -0.183. The van der Waals surface area contributed by atoms with E-state index in [4.69, 9.17) is 43.8 Å². The molecule has 21 nitrogen and oxygen atoms in total. The van der Waals surface area contributed by atoms with Gasteiger partial charge in [0.15, 0.2) is 35.1 Å². The van der Waals surface area contributed by atoms with Gasteiger partial charge in [-0.15, -0.1) is 0 Å². The molecule has 46 heavy (non-hydrogen) atoms. The third-order valence-electron chi connectivity index (χ3n) is 8.04. The van der Waals surface area contributed by atoms with E-state index in [1.807, 2.05) is 0 Å². The number of aliphatic hydroxyl groups is 1. The Morgan fingerprint density at radius 1 is 0.957 bits per heavy atom. The van der Waals surface area contributed by atoms with Crippen LogP contribution in [0.5, 0.6) is 0 Å². The van der Waals surface area contributed by atoms with Gasteiger partial charge in [-0.1, -0.05) is 24.5 Å². The number of nitrogens with two attached hydrogens (primary N) is 2. The van der Waals surface area contributed by atoms with E-state index in [1.54, 1.807) is 0 Å². The molecule has 0 aliphatic carbocycles. The predicted molar refractivity (Wildman–Crippen MR) is 160 cm³/mol. The number of aromatic nitrogens is 8. The van der Waals surface area contributed by atoms with E-state index >= 15 is 0 Å². The number of nitrogen functional groups attached to an aromatic ring is 2. The Kier molecular flexibility index (Phi) is 7.11. The van der Waals surface area contributed by atoms with Crippen molar-refractivity contribution >= 4 is 72.2 Å². The van der Waals surface area contributed by atoms with Gasteiger partial charge in [-0.3, -0.25) is 37.0 Å². The van der Waals surface area contributed by atoms with Gasteiger partial charge in [0.1, 0.15) is 48.0 Å². The van der Waals surface area contributed by atoms with Crippen molar-refractivity contribution in [2.75, 3.05) is 31.3 Å². The molecular formula is C21H24N10O11P2S2. The molecule has 8 rings (SSSR count). The van der Waals surface area contributed by atoms with E-state index in [-0.39, 0.29) is 40.7 Å². The lowest BCUT2D eigenvalue weighted by atomic mass is 10.0. The molecule has 0 radical (unpaired) electrons. The minimum Gasteiger partial charge on any atom is -0.386 e. The van der Waals surface area contributed by atoms with Crippen molar-refractivity contribution in [1.29, 1.82) is 0 Å². The summed E-state index contributed by atoms with van der Waals surface area (Å²) in [4.78, 5) is 35.2. The summed E-state index contributed by atoms with van der Waals surface area (Å²) in [5, 5.41) is 11.3. The number of aliphatic hydroxyl groups excluding tert-OH is 1. The van der Waals surface area contributed by atoms with Crippen LogP contribution in [0.25, 0.3) is 22.3 Å². The molecule has 0 saturated carbocycles. The maximum absolute atomic E-state index is 13.6. The number of fused-ring (bicyclic) bond motifs is 3. The van der Waals surface area contributed by atoms with Crippen molar-refractivity contribution in [3.05, 3.63) is 29.3 Å². The number of imidazole rings is 2. The second kappa shape index (κ2) is 10.7. The fourth-order valence-electron chi connectivity index (χ4n) is 5.99. The van der Waals surface area contributed by atoms with Gasteiger partial charge in [0.05, 0.1) is 32.5 Å². The maximum atomic E-state index is 13.6. The van der Waals surface area contributed by atoms with Gasteiger partial charge in [0.2, 0.25) is 5.95 Å². The second-order valence-corrected chi connectivity index (χ2v) is 16.6. The van der Waals surface area contributed by atoms with Crippen molar-refractivity contribution < 1.29 is 46.5 Å². The summed E-state index contributed by atoms with van der Waals surface area (Å²) in [5.41, 5.74) is 10.1. The highest BCUT2D eigenvalue weighted by molar-refractivity contribution is 8.44. The van der Waals surface area contributed by atoms with E-state index in [0.29, 0.717) is 0 Å². The average molecular weight is 719 g/mol. The third kappa shape index (κ3) is 4.89. The molecule has 4 aliphatic rings. The number of anilines is 2. The molecule has 4 aromatic heterocycles. The molecule has 10 atom stereocenters. The van der Waals surface area contributed by atoms with Crippen molar-refractivity contribution in [1.82, 2.24) is 39.0 Å². The van der Waals surface area contributed by atoms with Crippen LogP contribution in [0.3, 0.4) is 0 Å². The van der Waals surface area contributed by atoms with Crippen LogP contribution in [-0.2, 0) is 41.4 Å². The lowest BCUT2D eigenvalue weighted by Gasteiger charge is -2.33. The highest BCUT2D eigenvalue weighted by Gasteiger charge is 2.66. The molecule has 4 saturated heterocycles. The Hall–Kier alpha value is -2.66. The van der Waals surface area contributed by atoms with Gasteiger partial charge in [0.25, 0.3) is 5.56 Å². The number of nitrogens with one attached hydrogen (secondary N) is 1. The molecular weight excluding hydrogens is 694 g/mol. The number of H-pyrrole nitrogens is 1. The van der Waals surface area contributed by atoms with Crippen LogP contribution >= 0.6 is 38.1 Å². The van der Waals surface area contributed by atoms with Crippen molar-refractivity contribution in [3.63, 3.8) is 0 Å². The summed E-state index contributed by atoms with van der Waals surface area (Å²) in [5.74, 6) is -0.0588. The number of thiol groups is 2. The summed E-state index contributed by atoms with van der Waals surface area (Å²) >= 11 is 8.33. The van der Waals surface area contributed by atoms with E-state index in [0.717, 1.165) is 0 Å². The molecule has 4 aliphatic heterocycles. The molecule has 6 N–H and O–H groups in total. The number of nitrogens with zero attached hydrogens (tertiary/aromatic N) is 7. The Morgan fingerprint density at radius 3 is 2.50 bits per heavy atom. The van der Waals surface area contributed by atoms with Crippen LogP contribution < -0.4 is 17.0 Å². The smallest absolute Gasteiger partial charge is 0.386 e. The monoisotopic (exact) mass is 718 g/mol. The van der Waals surface area contributed by atoms with E-state index in [9.17, 15) is 19.0 Å². The Bertz CT molecular complexity index is 2030. The fourth-order valence-corrected chi connectivity index (χ4v) is 9.00. The fraction of sp³-hybridized carbons (Fsp3) is 0.524. The van der Waals surface area contributed by atoms with Crippen molar-refractivity contribution in [2.45, 2.75) is 48.6 Å². The van der Waals surface area contributed by atoms with Crippen LogP contribution in [0.2, 0.25) is 0 Å². The summed E-state index contributed by atoms with van der Waals surface area (Å²) in [6.07, 6.45) is -4.64. The second-order valence-electron chi connectivity index (χ2n) is 10.9. The molecule has 1 unspecified atom stereocenters. The third-order valence-corrected chi connectivity index (χ3v) is 11.2. The standard InChI is InChI=1S/C21H24N10O11P2S2/c22-14-8-15(25-4-24-14)30(5-26-8)18-10(32)11-7(39-18)1-37-43(34,45)42-13-12-19(31-6-27-9-16(31)28-20(23)29-17(9)33)40-21(13,2-36-12)3-38-44(35,46)41-11/h4-7,10-13,18-19,32H,1-3H2,(H,34,45)(H,35,46)(H2,22,24,25)(H3,23,28,29,33)/t7?,10-,11-,12-,13+,18-,19-,21-,43-,44+/m1/s1. The zero-order chi connectivity index (χ0) is 32.2. The van der Waals surface area contributed by atoms with E-state index in [1.165, 1.54) is 28.1 Å². The van der Waals surface area contributed by atoms with Crippen LogP contribution in [0.1, 0.15) is 12.5 Å². The summed E-state index contributed by atoms with van der Waals surface area (Å²) in [7, 11) is 0.